The maximum absolute atomic E-state index is 13.7. The average Bonchev–Trinajstić information content (AvgIpc) is 2.42. The zero-order valence-corrected chi connectivity index (χ0v) is 11.7. The Balaban J connectivity index is 2.28. The predicted octanol–water partition coefficient (Wildman–Crippen LogP) is 1.07. The number of rotatable bonds is 2. The van der Waals surface area contributed by atoms with E-state index >= 15 is 0 Å². The van der Waals surface area contributed by atoms with Crippen LogP contribution in [0.25, 0.3) is 0 Å². The summed E-state index contributed by atoms with van der Waals surface area (Å²) < 4.78 is 27.1. The lowest BCUT2D eigenvalue weighted by Crippen LogP contribution is -2.57. The number of amides is 2. The number of carbonyl (C=O) groups excluding carboxylic acids is 2. The number of aliphatic hydroxyl groups is 1. The van der Waals surface area contributed by atoms with Crippen molar-refractivity contribution in [2.24, 2.45) is 5.73 Å². The highest BCUT2D eigenvalue weighted by Gasteiger charge is 2.40. The van der Waals surface area contributed by atoms with Gasteiger partial charge in [-0.25, -0.2) is 8.78 Å². The van der Waals surface area contributed by atoms with Crippen molar-refractivity contribution in [2.45, 2.75) is 18.4 Å². The van der Waals surface area contributed by atoms with Gasteiger partial charge in [0.25, 0.3) is 11.8 Å². The molecule has 5 nitrogen and oxygen atoms in total. The van der Waals surface area contributed by atoms with E-state index in [1.165, 1.54) is 0 Å². The summed E-state index contributed by atoms with van der Waals surface area (Å²) in [6, 6.07) is 1.40. The Morgan fingerprint density at radius 3 is 2.62 bits per heavy atom. The fourth-order valence-corrected chi connectivity index (χ4v) is 2.42. The van der Waals surface area contributed by atoms with Crippen molar-refractivity contribution in [3.63, 3.8) is 0 Å². The standard InChI is InChI=1S/C13H13ClF2N2O3/c14-8-5-9(15)7(4-10(8)16)11(19)18-3-1-2-13(21,6-18)12(17)20/h4-5,21H,1-3,6H2,(H2,17,20)/t13-/m0/s1. The first-order valence-electron chi connectivity index (χ1n) is 6.21. The molecule has 1 aliphatic rings. The molecular formula is C13H13ClF2N2O3. The van der Waals surface area contributed by atoms with Gasteiger partial charge in [-0.1, -0.05) is 11.6 Å². The molecule has 0 aliphatic carbocycles. The number of piperidine rings is 1. The summed E-state index contributed by atoms with van der Waals surface area (Å²) in [5.74, 6) is -3.69. The Morgan fingerprint density at radius 2 is 2.00 bits per heavy atom. The van der Waals surface area contributed by atoms with E-state index in [0.717, 1.165) is 4.90 Å². The first-order chi connectivity index (χ1) is 9.74. The molecule has 114 valence electrons. The number of likely N-dealkylation sites (tertiary alicyclic amines) is 1. The van der Waals surface area contributed by atoms with Crippen molar-refractivity contribution >= 4 is 23.4 Å². The van der Waals surface area contributed by atoms with Gasteiger partial charge in [0.1, 0.15) is 11.6 Å². The first kappa shape index (κ1) is 15.7. The van der Waals surface area contributed by atoms with Crippen LogP contribution >= 0.6 is 11.6 Å². The number of carbonyl (C=O) groups is 2. The summed E-state index contributed by atoms with van der Waals surface area (Å²) in [5.41, 5.74) is 2.74. The molecule has 0 unspecified atom stereocenters. The number of hydrogen-bond acceptors (Lipinski definition) is 3. The van der Waals surface area contributed by atoms with E-state index in [1.807, 2.05) is 0 Å². The summed E-state index contributed by atoms with van der Waals surface area (Å²) in [7, 11) is 0. The minimum Gasteiger partial charge on any atom is -0.378 e. The molecule has 1 heterocycles. The monoisotopic (exact) mass is 318 g/mol. The number of β-amino-alcohol motifs (C(OH)–C–C–N with tert-alkyl or cyclic N) is 1. The molecule has 2 amide bonds. The van der Waals surface area contributed by atoms with Crippen molar-refractivity contribution < 1.29 is 23.5 Å². The van der Waals surface area contributed by atoms with E-state index < -0.39 is 39.6 Å². The normalized spacial score (nSPS) is 22.2. The second kappa shape index (κ2) is 5.57. The number of nitrogens with two attached hydrogens (primary N) is 1. The molecule has 21 heavy (non-hydrogen) atoms. The highest BCUT2D eigenvalue weighted by atomic mass is 35.5. The third-order valence-corrected chi connectivity index (χ3v) is 3.75. The van der Waals surface area contributed by atoms with E-state index in [2.05, 4.69) is 0 Å². The van der Waals surface area contributed by atoms with E-state index in [0.29, 0.717) is 18.6 Å². The minimum absolute atomic E-state index is 0.115. The molecule has 1 aromatic rings. The molecule has 1 fully saturated rings. The molecule has 0 bridgehead atoms. The van der Waals surface area contributed by atoms with Crippen LogP contribution in [0, 0.1) is 11.6 Å². The zero-order valence-electron chi connectivity index (χ0n) is 10.9. The van der Waals surface area contributed by atoms with Gasteiger partial charge >= 0.3 is 0 Å². The molecule has 1 saturated heterocycles. The Labute approximate surface area is 124 Å². The molecule has 0 radical (unpaired) electrons. The largest absolute Gasteiger partial charge is 0.378 e. The van der Waals surface area contributed by atoms with Gasteiger partial charge < -0.3 is 15.7 Å². The fraction of sp³-hybridized carbons (Fsp3) is 0.385. The Morgan fingerprint density at radius 1 is 1.33 bits per heavy atom. The number of primary amides is 1. The number of halogens is 3. The SMILES string of the molecule is NC(=O)[C@]1(O)CCCN(C(=O)c2cc(F)c(Cl)cc2F)C1. The van der Waals surface area contributed by atoms with Crippen LogP contribution in [-0.2, 0) is 4.79 Å². The lowest BCUT2D eigenvalue weighted by atomic mass is 9.92. The van der Waals surface area contributed by atoms with Crippen LogP contribution in [-0.4, -0.2) is 40.5 Å². The average molecular weight is 319 g/mol. The van der Waals surface area contributed by atoms with Gasteiger partial charge in [-0.2, -0.15) is 0 Å². The van der Waals surface area contributed by atoms with Gasteiger partial charge in [-0.15, -0.1) is 0 Å². The second-order valence-electron chi connectivity index (χ2n) is 4.97. The van der Waals surface area contributed by atoms with Crippen LogP contribution in [0.3, 0.4) is 0 Å². The topological polar surface area (TPSA) is 83.6 Å². The summed E-state index contributed by atoms with van der Waals surface area (Å²) >= 11 is 5.42. The first-order valence-corrected chi connectivity index (χ1v) is 6.58. The van der Waals surface area contributed by atoms with Crippen molar-refractivity contribution in [1.82, 2.24) is 4.90 Å². The molecule has 3 N–H and O–H groups in total. The molecule has 0 spiro atoms. The molecule has 2 rings (SSSR count). The van der Waals surface area contributed by atoms with Crippen LogP contribution in [0.4, 0.5) is 8.78 Å². The van der Waals surface area contributed by atoms with Gasteiger partial charge in [0.15, 0.2) is 5.60 Å². The quantitative estimate of drug-likeness (QED) is 0.800. The van der Waals surface area contributed by atoms with Crippen molar-refractivity contribution in [2.75, 3.05) is 13.1 Å². The Kier molecular flexibility index (Phi) is 4.15. The summed E-state index contributed by atoms with van der Waals surface area (Å²) in [5, 5.41) is 9.59. The van der Waals surface area contributed by atoms with Gasteiger partial charge in [0, 0.05) is 6.54 Å². The number of benzene rings is 1. The van der Waals surface area contributed by atoms with E-state index in [4.69, 9.17) is 17.3 Å². The Bertz CT molecular complexity index is 611. The second-order valence-corrected chi connectivity index (χ2v) is 5.38. The van der Waals surface area contributed by atoms with Crippen LogP contribution < -0.4 is 5.73 Å². The van der Waals surface area contributed by atoms with Crippen molar-refractivity contribution in [1.29, 1.82) is 0 Å². The van der Waals surface area contributed by atoms with Crippen LogP contribution in [0.5, 0.6) is 0 Å². The van der Waals surface area contributed by atoms with E-state index in [9.17, 15) is 23.5 Å². The van der Waals surface area contributed by atoms with E-state index in [-0.39, 0.29) is 19.5 Å². The summed E-state index contributed by atoms with van der Waals surface area (Å²) in [4.78, 5) is 24.5. The molecule has 0 aromatic heterocycles. The third-order valence-electron chi connectivity index (χ3n) is 3.46. The van der Waals surface area contributed by atoms with Crippen LogP contribution in [0.15, 0.2) is 12.1 Å². The molecule has 0 saturated carbocycles. The fourth-order valence-electron chi connectivity index (χ4n) is 2.27. The number of hydrogen-bond donors (Lipinski definition) is 2. The highest BCUT2D eigenvalue weighted by Crippen LogP contribution is 2.25. The molecular weight excluding hydrogens is 306 g/mol. The Hall–Kier alpha value is -1.73. The van der Waals surface area contributed by atoms with Crippen LogP contribution in [0.1, 0.15) is 23.2 Å². The third kappa shape index (κ3) is 2.98. The lowest BCUT2D eigenvalue weighted by molar-refractivity contribution is -0.140. The zero-order chi connectivity index (χ0) is 15.8. The number of nitrogens with zero attached hydrogens (tertiary/aromatic N) is 1. The molecule has 1 aliphatic heterocycles. The predicted molar refractivity (Wildman–Crippen MR) is 70.6 cm³/mol. The van der Waals surface area contributed by atoms with E-state index in [1.54, 1.807) is 0 Å². The summed E-state index contributed by atoms with van der Waals surface area (Å²) in [6.07, 6.45) is 0.437. The van der Waals surface area contributed by atoms with Gasteiger partial charge in [-0.3, -0.25) is 9.59 Å². The summed E-state index contributed by atoms with van der Waals surface area (Å²) in [6.45, 7) is -0.150. The van der Waals surface area contributed by atoms with Crippen LogP contribution in [0.2, 0.25) is 5.02 Å². The van der Waals surface area contributed by atoms with Crippen molar-refractivity contribution in [3.8, 4) is 0 Å². The van der Waals surface area contributed by atoms with Crippen molar-refractivity contribution in [3.05, 3.63) is 34.4 Å². The molecule has 8 heteroatoms. The smallest absolute Gasteiger partial charge is 0.257 e. The van der Waals surface area contributed by atoms with Gasteiger partial charge in [-0.05, 0) is 25.0 Å². The lowest BCUT2D eigenvalue weighted by Gasteiger charge is -2.37. The maximum atomic E-state index is 13.7. The molecule has 1 aromatic carbocycles. The molecule has 1 atom stereocenters. The highest BCUT2D eigenvalue weighted by molar-refractivity contribution is 6.30. The minimum atomic E-state index is -1.85. The maximum Gasteiger partial charge on any atom is 0.257 e. The van der Waals surface area contributed by atoms with Gasteiger partial charge in [0.05, 0.1) is 17.1 Å². The van der Waals surface area contributed by atoms with Gasteiger partial charge in [0.2, 0.25) is 0 Å².